The zero-order valence-corrected chi connectivity index (χ0v) is 10.4. The van der Waals surface area contributed by atoms with Gasteiger partial charge in [-0.2, -0.15) is 0 Å². The van der Waals surface area contributed by atoms with Crippen molar-refractivity contribution in [1.82, 2.24) is 5.32 Å². The highest BCUT2D eigenvalue weighted by Gasteiger charge is 2.40. The molecule has 0 aromatic rings. The van der Waals surface area contributed by atoms with E-state index in [9.17, 15) is 0 Å². The minimum absolute atomic E-state index is 0.396. The highest BCUT2D eigenvalue weighted by atomic mass is 15.0. The van der Waals surface area contributed by atoms with Crippen molar-refractivity contribution < 1.29 is 0 Å². The van der Waals surface area contributed by atoms with Crippen LogP contribution in [0.15, 0.2) is 0 Å². The Bertz CT molecular complexity index is 159. The maximum atomic E-state index is 3.84. The number of rotatable bonds is 2. The Labute approximate surface area is 89.7 Å². The first-order valence-corrected chi connectivity index (χ1v) is 6.27. The van der Waals surface area contributed by atoms with Gasteiger partial charge in [-0.25, -0.2) is 0 Å². The van der Waals surface area contributed by atoms with Crippen LogP contribution in [-0.4, -0.2) is 12.1 Å². The molecule has 14 heavy (non-hydrogen) atoms. The summed E-state index contributed by atoms with van der Waals surface area (Å²) in [7, 11) is 0. The topological polar surface area (TPSA) is 12.0 Å². The fraction of sp³-hybridized carbons (Fsp3) is 1.00. The third-order valence-electron chi connectivity index (χ3n) is 3.86. The van der Waals surface area contributed by atoms with E-state index in [4.69, 9.17) is 0 Å². The lowest BCUT2D eigenvalue weighted by Crippen LogP contribution is -2.54. The monoisotopic (exact) mass is 197 g/mol. The lowest BCUT2D eigenvalue weighted by atomic mass is 9.68. The summed E-state index contributed by atoms with van der Waals surface area (Å²) in [5.74, 6) is 0. The molecule has 1 N–H and O–H groups in total. The van der Waals surface area contributed by atoms with Crippen LogP contribution < -0.4 is 5.32 Å². The average molecular weight is 197 g/mol. The van der Waals surface area contributed by atoms with Gasteiger partial charge in [0.05, 0.1) is 0 Å². The Morgan fingerprint density at radius 3 is 2.43 bits per heavy atom. The molecule has 84 valence electrons. The lowest BCUT2D eigenvalue weighted by molar-refractivity contribution is 0.118. The first kappa shape index (κ1) is 12.0. The van der Waals surface area contributed by atoms with Gasteiger partial charge in [-0.05, 0) is 31.2 Å². The minimum Gasteiger partial charge on any atom is -0.311 e. The van der Waals surface area contributed by atoms with E-state index in [0.29, 0.717) is 11.0 Å². The molecular formula is C13H27N. The normalized spacial score (nSPS) is 30.0. The minimum atomic E-state index is 0.396. The van der Waals surface area contributed by atoms with Crippen LogP contribution in [-0.2, 0) is 0 Å². The summed E-state index contributed by atoms with van der Waals surface area (Å²) in [4.78, 5) is 0. The molecular weight excluding hydrogens is 170 g/mol. The van der Waals surface area contributed by atoms with Gasteiger partial charge in [0.15, 0.2) is 0 Å². The summed E-state index contributed by atoms with van der Waals surface area (Å²) >= 11 is 0. The van der Waals surface area contributed by atoms with Crippen LogP contribution >= 0.6 is 0 Å². The summed E-state index contributed by atoms with van der Waals surface area (Å²) in [6.45, 7) is 10.7. The molecule has 1 rings (SSSR count). The van der Waals surface area contributed by atoms with Crippen molar-refractivity contribution in [2.75, 3.05) is 6.54 Å². The second kappa shape index (κ2) is 4.65. The van der Waals surface area contributed by atoms with Crippen molar-refractivity contribution in [3.05, 3.63) is 0 Å². The van der Waals surface area contributed by atoms with Crippen LogP contribution in [0.3, 0.4) is 0 Å². The molecule has 0 spiro atoms. The van der Waals surface area contributed by atoms with Crippen LogP contribution in [0, 0.1) is 5.41 Å². The number of hydrogen-bond acceptors (Lipinski definition) is 1. The third-order valence-corrected chi connectivity index (χ3v) is 3.86. The quantitative estimate of drug-likeness (QED) is 0.711. The number of hydrogen-bond donors (Lipinski definition) is 1. The molecule has 1 heteroatoms. The van der Waals surface area contributed by atoms with Crippen LogP contribution in [0.5, 0.6) is 0 Å². The van der Waals surface area contributed by atoms with Crippen molar-refractivity contribution in [1.29, 1.82) is 0 Å². The van der Waals surface area contributed by atoms with Crippen molar-refractivity contribution in [2.24, 2.45) is 5.41 Å². The molecule has 1 aliphatic heterocycles. The van der Waals surface area contributed by atoms with Gasteiger partial charge in [0.1, 0.15) is 0 Å². The fourth-order valence-electron chi connectivity index (χ4n) is 2.80. The van der Waals surface area contributed by atoms with Crippen LogP contribution in [0.25, 0.3) is 0 Å². The highest BCUT2D eigenvalue weighted by Crippen LogP contribution is 2.39. The molecule has 0 bridgehead atoms. The van der Waals surface area contributed by atoms with E-state index in [1.54, 1.807) is 0 Å². The molecule has 1 nitrogen and oxygen atoms in total. The highest BCUT2D eigenvalue weighted by molar-refractivity contribution is 4.98. The molecule has 0 saturated carbocycles. The molecule has 0 radical (unpaired) electrons. The summed E-state index contributed by atoms with van der Waals surface area (Å²) < 4.78 is 0. The molecule has 0 aromatic carbocycles. The zero-order chi connectivity index (χ0) is 10.7. The van der Waals surface area contributed by atoms with Gasteiger partial charge in [0.25, 0.3) is 0 Å². The van der Waals surface area contributed by atoms with E-state index in [1.807, 2.05) is 0 Å². The Balaban J connectivity index is 2.77. The molecule has 0 aliphatic carbocycles. The van der Waals surface area contributed by atoms with Crippen LogP contribution in [0.2, 0.25) is 0 Å². The smallest absolute Gasteiger partial charge is 0.0229 e. The zero-order valence-electron chi connectivity index (χ0n) is 10.4. The molecule has 1 unspecified atom stereocenters. The Morgan fingerprint density at radius 1 is 1.14 bits per heavy atom. The summed E-state index contributed by atoms with van der Waals surface area (Å²) in [6.07, 6.45) is 8.17. The molecule has 1 fully saturated rings. The van der Waals surface area contributed by atoms with Crippen molar-refractivity contribution >= 4 is 0 Å². The first-order chi connectivity index (χ1) is 6.52. The van der Waals surface area contributed by atoms with E-state index >= 15 is 0 Å². The van der Waals surface area contributed by atoms with Gasteiger partial charge < -0.3 is 5.32 Å². The SMILES string of the molecule is CCCC1(C(C)(C)C)CCCCCN1. The predicted octanol–water partition coefficient (Wildman–Crippen LogP) is 3.74. The molecule has 0 aromatic heterocycles. The van der Waals surface area contributed by atoms with Gasteiger partial charge in [0.2, 0.25) is 0 Å². The molecule has 1 saturated heterocycles. The van der Waals surface area contributed by atoms with Crippen molar-refractivity contribution in [3.63, 3.8) is 0 Å². The Kier molecular flexibility index (Phi) is 4.00. The fourth-order valence-corrected chi connectivity index (χ4v) is 2.80. The standard InChI is InChI=1S/C13H27N/c1-5-9-13(12(2,3)4)10-7-6-8-11-14-13/h14H,5-11H2,1-4H3. The molecule has 1 atom stereocenters. The summed E-state index contributed by atoms with van der Waals surface area (Å²) in [5, 5.41) is 3.84. The predicted molar refractivity (Wildman–Crippen MR) is 63.6 cm³/mol. The van der Waals surface area contributed by atoms with E-state index in [0.717, 1.165) is 0 Å². The molecule has 0 amide bonds. The second-order valence-corrected chi connectivity index (χ2v) is 5.82. The van der Waals surface area contributed by atoms with Gasteiger partial charge in [0, 0.05) is 5.54 Å². The lowest BCUT2D eigenvalue weighted by Gasteiger charge is -2.45. The first-order valence-electron chi connectivity index (χ1n) is 6.27. The van der Waals surface area contributed by atoms with Crippen LogP contribution in [0.1, 0.15) is 66.2 Å². The van der Waals surface area contributed by atoms with E-state index in [-0.39, 0.29) is 0 Å². The molecule has 1 heterocycles. The van der Waals surface area contributed by atoms with E-state index in [2.05, 4.69) is 33.0 Å². The molecule has 1 aliphatic rings. The largest absolute Gasteiger partial charge is 0.311 e. The van der Waals surface area contributed by atoms with Gasteiger partial charge >= 0.3 is 0 Å². The van der Waals surface area contributed by atoms with Gasteiger partial charge in [-0.1, -0.05) is 47.0 Å². The Hall–Kier alpha value is -0.0400. The number of nitrogens with one attached hydrogen (secondary N) is 1. The van der Waals surface area contributed by atoms with E-state index < -0.39 is 0 Å². The van der Waals surface area contributed by atoms with Crippen molar-refractivity contribution in [2.45, 2.75) is 71.8 Å². The summed E-state index contributed by atoms with van der Waals surface area (Å²) in [5.41, 5.74) is 0.797. The van der Waals surface area contributed by atoms with Gasteiger partial charge in [-0.15, -0.1) is 0 Å². The maximum absolute atomic E-state index is 3.84. The average Bonchev–Trinajstić information content (AvgIpc) is 2.30. The van der Waals surface area contributed by atoms with Crippen LogP contribution in [0.4, 0.5) is 0 Å². The maximum Gasteiger partial charge on any atom is 0.0229 e. The summed E-state index contributed by atoms with van der Waals surface area (Å²) in [6, 6.07) is 0. The van der Waals surface area contributed by atoms with E-state index in [1.165, 1.54) is 45.1 Å². The second-order valence-electron chi connectivity index (χ2n) is 5.82. The van der Waals surface area contributed by atoms with Gasteiger partial charge in [-0.3, -0.25) is 0 Å². The third kappa shape index (κ3) is 2.50. The van der Waals surface area contributed by atoms with Crippen molar-refractivity contribution in [3.8, 4) is 0 Å². The Morgan fingerprint density at radius 2 is 1.86 bits per heavy atom.